The monoisotopic (exact) mass is 334 g/mol. The molecular formula is C20H15Br. The zero-order valence-electron chi connectivity index (χ0n) is 11.8. The van der Waals surface area contributed by atoms with Gasteiger partial charge in [0.1, 0.15) is 0 Å². The first kappa shape index (κ1) is 12.8. The average Bonchev–Trinajstić information content (AvgIpc) is 2.91. The van der Waals surface area contributed by atoms with Crippen molar-refractivity contribution in [2.24, 2.45) is 0 Å². The smallest absolute Gasteiger partial charge is 0.0284 e. The van der Waals surface area contributed by atoms with Crippen LogP contribution in [-0.4, -0.2) is 0 Å². The Balaban J connectivity index is 1.99. The first-order valence-corrected chi connectivity index (χ1v) is 7.99. The predicted octanol–water partition coefficient (Wildman–Crippen LogP) is 6.07. The third kappa shape index (κ3) is 2.04. The molecule has 1 unspecified atom stereocenters. The van der Waals surface area contributed by atoms with Crippen LogP contribution in [0.2, 0.25) is 0 Å². The van der Waals surface area contributed by atoms with E-state index in [1.54, 1.807) is 0 Å². The van der Waals surface area contributed by atoms with Crippen LogP contribution in [0.5, 0.6) is 0 Å². The van der Waals surface area contributed by atoms with Gasteiger partial charge in [-0.05, 0) is 52.1 Å². The predicted molar refractivity (Wildman–Crippen MR) is 93.7 cm³/mol. The lowest BCUT2D eigenvalue weighted by molar-refractivity contribution is 1.06. The van der Waals surface area contributed by atoms with E-state index in [0.717, 1.165) is 4.47 Å². The molecule has 0 spiro atoms. The van der Waals surface area contributed by atoms with Gasteiger partial charge in [-0.2, -0.15) is 0 Å². The van der Waals surface area contributed by atoms with Crippen molar-refractivity contribution in [3.05, 3.63) is 87.4 Å². The number of halogens is 1. The summed E-state index contributed by atoms with van der Waals surface area (Å²) in [6, 6.07) is 19.8. The minimum Gasteiger partial charge on any atom is -0.0720 e. The molecule has 21 heavy (non-hydrogen) atoms. The van der Waals surface area contributed by atoms with Gasteiger partial charge in [-0.1, -0.05) is 70.5 Å². The third-order valence-electron chi connectivity index (χ3n) is 4.36. The number of aryl methyl sites for hydroxylation is 1. The molecule has 0 aromatic heterocycles. The molecule has 1 heteroatoms. The Kier molecular flexibility index (Phi) is 2.97. The van der Waals surface area contributed by atoms with Crippen LogP contribution >= 0.6 is 15.9 Å². The van der Waals surface area contributed by atoms with Gasteiger partial charge in [-0.15, -0.1) is 0 Å². The second-order valence-corrected chi connectivity index (χ2v) is 6.54. The van der Waals surface area contributed by atoms with E-state index < -0.39 is 0 Å². The highest BCUT2D eigenvalue weighted by atomic mass is 79.9. The van der Waals surface area contributed by atoms with E-state index in [4.69, 9.17) is 0 Å². The Morgan fingerprint density at radius 2 is 1.71 bits per heavy atom. The fourth-order valence-corrected chi connectivity index (χ4v) is 3.65. The van der Waals surface area contributed by atoms with Gasteiger partial charge in [-0.25, -0.2) is 0 Å². The fourth-order valence-electron chi connectivity index (χ4n) is 3.29. The highest BCUT2D eigenvalue weighted by molar-refractivity contribution is 9.10. The molecule has 102 valence electrons. The SMILES string of the molecule is Cc1ccc(C2C=Cc3ccccc32)c2cc(Br)ccc12. The molecule has 0 saturated carbocycles. The topological polar surface area (TPSA) is 0 Å². The van der Waals surface area contributed by atoms with Crippen LogP contribution in [0.25, 0.3) is 16.8 Å². The van der Waals surface area contributed by atoms with Gasteiger partial charge in [0.25, 0.3) is 0 Å². The molecular weight excluding hydrogens is 320 g/mol. The molecule has 1 aliphatic carbocycles. The zero-order valence-corrected chi connectivity index (χ0v) is 13.4. The van der Waals surface area contributed by atoms with Crippen molar-refractivity contribution < 1.29 is 0 Å². The minimum absolute atomic E-state index is 0.360. The van der Waals surface area contributed by atoms with Crippen LogP contribution in [0.4, 0.5) is 0 Å². The van der Waals surface area contributed by atoms with Crippen molar-refractivity contribution in [1.82, 2.24) is 0 Å². The standard InChI is InChI=1S/C20H15Br/c1-13-6-9-19(20-12-15(21)8-11-16(13)20)18-10-7-14-4-2-3-5-17(14)18/h2-12,18H,1H3. The first-order chi connectivity index (χ1) is 10.2. The van der Waals surface area contributed by atoms with Gasteiger partial charge in [0, 0.05) is 10.4 Å². The number of rotatable bonds is 1. The summed E-state index contributed by atoms with van der Waals surface area (Å²) in [5.41, 5.74) is 5.46. The second kappa shape index (κ2) is 4.85. The molecule has 1 aliphatic rings. The van der Waals surface area contributed by atoms with Crippen LogP contribution in [0.15, 0.2) is 65.1 Å². The van der Waals surface area contributed by atoms with Gasteiger partial charge in [0.2, 0.25) is 0 Å². The van der Waals surface area contributed by atoms with Crippen molar-refractivity contribution >= 4 is 32.8 Å². The number of fused-ring (bicyclic) bond motifs is 2. The highest BCUT2D eigenvalue weighted by Gasteiger charge is 2.20. The summed E-state index contributed by atoms with van der Waals surface area (Å²) in [5, 5.41) is 2.68. The normalized spacial score (nSPS) is 16.4. The number of hydrogen-bond donors (Lipinski definition) is 0. The molecule has 0 saturated heterocycles. The quantitative estimate of drug-likeness (QED) is 0.506. The third-order valence-corrected chi connectivity index (χ3v) is 4.86. The lowest BCUT2D eigenvalue weighted by atomic mass is 9.88. The summed E-state index contributed by atoms with van der Waals surface area (Å²) in [6.07, 6.45) is 4.55. The van der Waals surface area contributed by atoms with Crippen molar-refractivity contribution in [3.63, 3.8) is 0 Å². The van der Waals surface area contributed by atoms with E-state index in [0.29, 0.717) is 5.92 Å². The van der Waals surface area contributed by atoms with Crippen LogP contribution in [-0.2, 0) is 0 Å². The molecule has 1 atom stereocenters. The average molecular weight is 335 g/mol. The van der Waals surface area contributed by atoms with E-state index in [-0.39, 0.29) is 0 Å². The van der Waals surface area contributed by atoms with Crippen LogP contribution in [0.3, 0.4) is 0 Å². The van der Waals surface area contributed by atoms with Gasteiger partial charge in [0.15, 0.2) is 0 Å². The van der Waals surface area contributed by atoms with Crippen molar-refractivity contribution in [2.75, 3.05) is 0 Å². The van der Waals surface area contributed by atoms with Crippen molar-refractivity contribution in [1.29, 1.82) is 0 Å². The Morgan fingerprint density at radius 1 is 0.857 bits per heavy atom. The van der Waals surface area contributed by atoms with Gasteiger partial charge >= 0.3 is 0 Å². The van der Waals surface area contributed by atoms with Gasteiger partial charge in [-0.3, -0.25) is 0 Å². The van der Waals surface area contributed by atoms with Crippen LogP contribution in [0, 0.1) is 6.92 Å². The Hall–Kier alpha value is -1.86. The summed E-state index contributed by atoms with van der Waals surface area (Å²) in [4.78, 5) is 0. The highest BCUT2D eigenvalue weighted by Crippen LogP contribution is 2.39. The zero-order chi connectivity index (χ0) is 14.4. The first-order valence-electron chi connectivity index (χ1n) is 7.20. The molecule has 4 rings (SSSR count). The maximum atomic E-state index is 3.61. The number of benzene rings is 3. The molecule has 0 aliphatic heterocycles. The van der Waals surface area contributed by atoms with E-state index >= 15 is 0 Å². The molecule has 0 heterocycles. The molecule has 0 N–H and O–H groups in total. The van der Waals surface area contributed by atoms with Crippen molar-refractivity contribution in [3.8, 4) is 0 Å². The van der Waals surface area contributed by atoms with E-state index in [1.165, 1.54) is 33.0 Å². The molecule has 3 aromatic rings. The summed E-state index contributed by atoms with van der Waals surface area (Å²) in [6.45, 7) is 2.18. The van der Waals surface area contributed by atoms with Crippen LogP contribution < -0.4 is 0 Å². The maximum Gasteiger partial charge on any atom is 0.0284 e. The van der Waals surface area contributed by atoms with Crippen molar-refractivity contribution in [2.45, 2.75) is 12.8 Å². The second-order valence-electron chi connectivity index (χ2n) is 5.63. The summed E-state index contributed by atoms with van der Waals surface area (Å²) in [7, 11) is 0. The Bertz CT molecular complexity index is 874. The molecule has 0 fully saturated rings. The molecule has 0 nitrogen and oxygen atoms in total. The number of allylic oxidation sites excluding steroid dienone is 1. The summed E-state index contributed by atoms with van der Waals surface area (Å²) >= 11 is 3.61. The van der Waals surface area contributed by atoms with Crippen LogP contribution in [0.1, 0.15) is 28.2 Å². The lowest BCUT2D eigenvalue weighted by Gasteiger charge is -2.16. The Morgan fingerprint density at radius 3 is 2.62 bits per heavy atom. The van der Waals surface area contributed by atoms with E-state index in [2.05, 4.69) is 89.6 Å². The summed E-state index contributed by atoms with van der Waals surface area (Å²) in [5.74, 6) is 0.360. The lowest BCUT2D eigenvalue weighted by Crippen LogP contribution is -1.97. The molecule has 3 aromatic carbocycles. The van der Waals surface area contributed by atoms with E-state index in [9.17, 15) is 0 Å². The van der Waals surface area contributed by atoms with E-state index in [1.807, 2.05) is 0 Å². The largest absolute Gasteiger partial charge is 0.0720 e. The minimum atomic E-state index is 0.360. The fraction of sp³-hybridized carbons (Fsp3) is 0.100. The molecule has 0 bridgehead atoms. The summed E-state index contributed by atoms with van der Waals surface area (Å²) < 4.78 is 1.14. The maximum absolute atomic E-state index is 3.61. The Labute approximate surface area is 133 Å². The molecule has 0 amide bonds. The number of hydrogen-bond acceptors (Lipinski definition) is 0. The molecule has 0 radical (unpaired) electrons. The van der Waals surface area contributed by atoms with Gasteiger partial charge < -0.3 is 0 Å². The van der Waals surface area contributed by atoms with Gasteiger partial charge in [0.05, 0.1) is 0 Å².